The van der Waals surface area contributed by atoms with E-state index in [4.69, 9.17) is 0 Å². The summed E-state index contributed by atoms with van der Waals surface area (Å²) in [5.74, 6) is 0. The lowest BCUT2D eigenvalue weighted by Crippen LogP contribution is -1.66. The Bertz CT molecular complexity index is 22.1. The van der Waals surface area contributed by atoms with Crippen LogP contribution in [-0.2, 0) is 0 Å². The van der Waals surface area contributed by atoms with Crippen LogP contribution in [0.15, 0.2) is 0 Å². The molecule has 0 saturated heterocycles. The highest BCUT2D eigenvalue weighted by molar-refractivity contribution is 4.31. The first kappa shape index (κ1) is 29.3. The monoisotopic (exact) mass is 198 g/mol. The maximum atomic E-state index is 9.50. The van der Waals surface area contributed by atoms with Crippen molar-refractivity contribution in [3.05, 3.63) is 0 Å². The number of unbranched alkanes of at least 4 members (excludes halogenated alkanes) is 3. The second-order valence-electron chi connectivity index (χ2n) is 1.71. The van der Waals surface area contributed by atoms with E-state index in [0.29, 0.717) is 7.18 Å². The summed E-state index contributed by atoms with van der Waals surface area (Å²) < 4.78 is 9.50. The molecule has 0 fully saturated rings. The van der Waals surface area contributed by atoms with Gasteiger partial charge in [-0.05, 0) is 0 Å². The van der Waals surface area contributed by atoms with Gasteiger partial charge in [-0.1, -0.05) is 67.2 Å². The molecular weight excluding hydrogens is 167 g/mol. The molecule has 13 heavy (non-hydrogen) atoms. The highest BCUT2D eigenvalue weighted by Gasteiger charge is 1.75. The first-order chi connectivity index (χ1) is 5.91. The molecule has 0 unspecified atom stereocenters. The lowest BCUT2D eigenvalue weighted by molar-refractivity contribution is 0.636. The van der Waals surface area contributed by atoms with Crippen molar-refractivity contribution in [3.63, 3.8) is 0 Å². The highest BCUT2D eigenvalue weighted by Crippen LogP contribution is 1.95. The van der Waals surface area contributed by atoms with Crippen LogP contribution in [-0.4, -0.2) is 12.7 Å². The smallest absolute Gasteiger partial charge is 0.0785 e. The van der Waals surface area contributed by atoms with Crippen LogP contribution >= 0.6 is 0 Å². The minimum Gasteiger partial charge on any atom is -0.412 e. The first-order valence-corrected chi connectivity index (χ1v) is 5.29. The van der Waals surface area contributed by atoms with Crippen molar-refractivity contribution < 1.29 is 9.87 Å². The molecule has 0 spiro atoms. The molecule has 0 aromatic rings. The normalized spacial score (nSPS) is 5.54. The molecule has 2 heteroatoms. The molecule has 0 heterocycles. The molecule has 0 aliphatic heterocycles. The zero-order valence-corrected chi connectivity index (χ0v) is 10.7. The molecule has 0 rings (SSSR count). The van der Waals surface area contributed by atoms with E-state index in [9.17, 15) is 4.39 Å². The Labute approximate surface area is 85.1 Å². The third kappa shape index (κ3) is 139. The van der Waals surface area contributed by atoms with Gasteiger partial charge in [0.05, 0.1) is 7.18 Å². The Kier molecular flexibility index (Phi) is 210. The van der Waals surface area contributed by atoms with Crippen molar-refractivity contribution in [1.29, 1.82) is 0 Å². The molecule has 0 bridgehead atoms. The lowest BCUT2D eigenvalue weighted by Gasteiger charge is -1.86. The van der Waals surface area contributed by atoms with Gasteiger partial charge in [-0.15, -0.1) is 0 Å². The zero-order chi connectivity index (χ0) is 10.8. The fourth-order valence-corrected chi connectivity index (χ4v) is 0.500. The fraction of sp³-hybridized carbons (Fsp3) is 1.00. The number of hydrogen-bond acceptors (Lipinski definition) is 0. The molecule has 0 aromatic heterocycles. The van der Waals surface area contributed by atoms with Crippen LogP contribution in [0.5, 0.6) is 0 Å². The fourth-order valence-electron chi connectivity index (χ4n) is 0.500. The van der Waals surface area contributed by atoms with Crippen LogP contribution in [0.2, 0.25) is 0 Å². The summed E-state index contributed by atoms with van der Waals surface area (Å²) in [5.41, 5.74) is 0. The largest absolute Gasteiger partial charge is 0.412 e. The first-order valence-electron chi connectivity index (χ1n) is 5.29. The number of alkyl halides is 1. The van der Waals surface area contributed by atoms with Crippen LogP contribution in [0, 0.1) is 0 Å². The molecule has 0 aliphatic rings. The molecular formula is C11H31FO. The summed E-state index contributed by atoms with van der Waals surface area (Å²) in [5, 5.41) is 0. The van der Waals surface area contributed by atoms with Crippen molar-refractivity contribution >= 4 is 0 Å². The van der Waals surface area contributed by atoms with E-state index in [1.54, 1.807) is 0 Å². The Hall–Kier alpha value is -0.110. The van der Waals surface area contributed by atoms with Crippen molar-refractivity contribution in [1.82, 2.24) is 0 Å². The average Bonchev–Trinajstić information content (AvgIpc) is 2.24. The Morgan fingerprint density at radius 2 is 0.846 bits per heavy atom. The molecule has 0 aromatic carbocycles. The standard InChI is InChI=1S/C6H14.2C2H6.CH3F.H2O/c1-3-5-6-4-2;3*1-2;/h3-6H2,1-2H3;2*1-2H3;1H3;1H2. The van der Waals surface area contributed by atoms with Crippen LogP contribution in [0.25, 0.3) is 0 Å². The van der Waals surface area contributed by atoms with Gasteiger partial charge < -0.3 is 5.48 Å². The van der Waals surface area contributed by atoms with E-state index in [0.717, 1.165) is 0 Å². The summed E-state index contributed by atoms with van der Waals surface area (Å²) >= 11 is 0. The van der Waals surface area contributed by atoms with E-state index in [2.05, 4.69) is 13.8 Å². The second-order valence-corrected chi connectivity index (χ2v) is 1.71. The highest BCUT2D eigenvalue weighted by atomic mass is 19.1. The molecule has 1 nitrogen and oxygen atoms in total. The van der Waals surface area contributed by atoms with Gasteiger partial charge in [-0.2, -0.15) is 0 Å². The predicted octanol–water partition coefficient (Wildman–Crippen LogP) is 4.40. The van der Waals surface area contributed by atoms with Crippen molar-refractivity contribution in [2.75, 3.05) is 7.18 Å². The van der Waals surface area contributed by atoms with Gasteiger partial charge in [-0.3, -0.25) is 4.39 Å². The van der Waals surface area contributed by atoms with Gasteiger partial charge in [0.1, 0.15) is 0 Å². The molecule has 0 atom stereocenters. The van der Waals surface area contributed by atoms with E-state index < -0.39 is 0 Å². The Morgan fingerprint density at radius 1 is 0.692 bits per heavy atom. The van der Waals surface area contributed by atoms with Gasteiger partial charge in [0, 0.05) is 0 Å². The maximum Gasteiger partial charge on any atom is 0.0785 e. The summed E-state index contributed by atoms with van der Waals surface area (Å²) in [6.07, 6.45) is 5.54. The number of rotatable bonds is 3. The van der Waals surface area contributed by atoms with E-state index in [-0.39, 0.29) is 5.48 Å². The second kappa shape index (κ2) is 93.2. The summed E-state index contributed by atoms with van der Waals surface area (Å²) in [6, 6.07) is 0. The SMILES string of the molecule is CC.CC.CCCCCC.CF.O. The van der Waals surface area contributed by atoms with Gasteiger partial charge in [0.15, 0.2) is 0 Å². The Balaban J connectivity index is -0.0000000263. The third-order valence-electron chi connectivity index (χ3n) is 0.957. The van der Waals surface area contributed by atoms with E-state index >= 15 is 0 Å². The van der Waals surface area contributed by atoms with Crippen molar-refractivity contribution in [2.24, 2.45) is 0 Å². The Morgan fingerprint density at radius 3 is 0.923 bits per heavy atom. The molecule has 2 N–H and O–H groups in total. The molecule has 0 radical (unpaired) electrons. The lowest BCUT2D eigenvalue weighted by atomic mass is 10.2. The van der Waals surface area contributed by atoms with Gasteiger partial charge in [-0.25, -0.2) is 0 Å². The molecule has 88 valence electrons. The van der Waals surface area contributed by atoms with E-state index in [1.807, 2.05) is 27.7 Å². The summed E-state index contributed by atoms with van der Waals surface area (Å²) in [7, 11) is 0.500. The number of hydrogen-bond donors (Lipinski definition) is 0. The summed E-state index contributed by atoms with van der Waals surface area (Å²) in [4.78, 5) is 0. The van der Waals surface area contributed by atoms with Crippen LogP contribution in [0.1, 0.15) is 67.2 Å². The zero-order valence-electron chi connectivity index (χ0n) is 10.7. The van der Waals surface area contributed by atoms with E-state index in [1.165, 1.54) is 25.7 Å². The average molecular weight is 198 g/mol. The number of halogens is 1. The maximum absolute atomic E-state index is 9.50. The summed E-state index contributed by atoms with van der Waals surface area (Å²) in [6.45, 7) is 12.5. The molecule has 0 aliphatic carbocycles. The minimum absolute atomic E-state index is 0. The topological polar surface area (TPSA) is 31.5 Å². The molecule has 0 amide bonds. The van der Waals surface area contributed by atoms with Gasteiger partial charge in [0.25, 0.3) is 0 Å². The third-order valence-corrected chi connectivity index (χ3v) is 0.957. The van der Waals surface area contributed by atoms with Crippen LogP contribution in [0.3, 0.4) is 0 Å². The van der Waals surface area contributed by atoms with Gasteiger partial charge in [0.2, 0.25) is 0 Å². The molecule has 0 saturated carbocycles. The van der Waals surface area contributed by atoms with Crippen molar-refractivity contribution in [2.45, 2.75) is 67.2 Å². The quantitative estimate of drug-likeness (QED) is 0.602. The van der Waals surface area contributed by atoms with Crippen molar-refractivity contribution in [3.8, 4) is 0 Å². The van der Waals surface area contributed by atoms with Crippen LogP contribution < -0.4 is 0 Å². The van der Waals surface area contributed by atoms with Crippen LogP contribution in [0.4, 0.5) is 4.39 Å². The minimum atomic E-state index is 0. The predicted molar refractivity (Wildman–Crippen MR) is 63.2 cm³/mol. The van der Waals surface area contributed by atoms with Gasteiger partial charge >= 0.3 is 0 Å².